The lowest BCUT2D eigenvalue weighted by Crippen LogP contribution is -1.97. The van der Waals surface area contributed by atoms with Crippen LogP contribution >= 0.6 is 11.6 Å². The lowest BCUT2D eigenvalue weighted by Gasteiger charge is -2.15. The molecule has 0 radical (unpaired) electrons. The molecule has 2 aromatic rings. The summed E-state index contributed by atoms with van der Waals surface area (Å²) >= 11 is 6.50. The van der Waals surface area contributed by atoms with Crippen LogP contribution in [0, 0.1) is 0 Å². The van der Waals surface area contributed by atoms with Gasteiger partial charge in [-0.25, -0.2) is 0 Å². The van der Waals surface area contributed by atoms with E-state index in [4.69, 9.17) is 25.8 Å². The minimum absolute atomic E-state index is 0.0395. The van der Waals surface area contributed by atoms with Crippen LogP contribution in [0.4, 0.5) is 0 Å². The number of phenolic OH excluding ortho intramolecular Hbond substituents is 1. The van der Waals surface area contributed by atoms with Crippen molar-refractivity contribution in [2.45, 2.75) is 5.38 Å². The summed E-state index contributed by atoms with van der Waals surface area (Å²) in [5.41, 5.74) is 1.68. The number of alkyl halides is 1. The number of halogens is 1. The van der Waals surface area contributed by atoms with E-state index >= 15 is 0 Å². The van der Waals surface area contributed by atoms with Gasteiger partial charge in [0.05, 0.1) is 26.7 Å². The molecule has 0 heterocycles. The predicted molar refractivity (Wildman–Crippen MR) is 81.9 cm³/mol. The molecule has 0 spiro atoms. The lowest BCUT2D eigenvalue weighted by molar-refractivity contribution is 0.339. The monoisotopic (exact) mass is 308 g/mol. The smallest absolute Gasteiger partial charge is 0.200 e. The molecule has 0 aliphatic carbocycles. The van der Waals surface area contributed by atoms with Crippen molar-refractivity contribution in [1.82, 2.24) is 0 Å². The maximum atomic E-state index is 9.92. The molecule has 0 aliphatic rings. The molecular weight excluding hydrogens is 292 g/mol. The summed E-state index contributed by atoms with van der Waals surface area (Å²) in [7, 11) is 4.58. The van der Waals surface area contributed by atoms with Crippen LogP contribution in [0.5, 0.6) is 23.0 Å². The fraction of sp³-hybridized carbons (Fsp3) is 0.250. The first kappa shape index (κ1) is 15.3. The van der Waals surface area contributed by atoms with Crippen molar-refractivity contribution in [2.75, 3.05) is 21.3 Å². The second-order valence-corrected chi connectivity index (χ2v) is 4.85. The van der Waals surface area contributed by atoms with Crippen LogP contribution in [0.1, 0.15) is 16.5 Å². The number of benzene rings is 2. The Hall–Kier alpha value is -2.07. The Kier molecular flexibility index (Phi) is 4.81. The number of methoxy groups -OCH3 is 3. The van der Waals surface area contributed by atoms with Gasteiger partial charge in [0.1, 0.15) is 5.75 Å². The standard InChI is InChI=1S/C16H17ClO4/c1-19-12-6-4-10(5-7-12)15(17)11-8-13(20-2)16(18)14(9-11)21-3/h4-9,15,18H,1-3H3. The minimum Gasteiger partial charge on any atom is -0.502 e. The fourth-order valence-electron chi connectivity index (χ4n) is 2.03. The predicted octanol–water partition coefficient (Wildman–Crippen LogP) is 3.75. The first-order valence-electron chi connectivity index (χ1n) is 6.33. The first-order chi connectivity index (χ1) is 10.1. The van der Waals surface area contributed by atoms with Crippen LogP contribution in [-0.2, 0) is 0 Å². The summed E-state index contributed by atoms with van der Waals surface area (Å²) in [6.07, 6.45) is 0. The zero-order chi connectivity index (χ0) is 15.4. The third-order valence-electron chi connectivity index (χ3n) is 3.20. The van der Waals surface area contributed by atoms with E-state index in [1.807, 2.05) is 24.3 Å². The third kappa shape index (κ3) is 3.16. The van der Waals surface area contributed by atoms with Crippen molar-refractivity contribution in [3.63, 3.8) is 0 Å². The molecule has 0 amide bonds. The highest BCUT2D eigenvalue weighted by molar-refractivity contribution is 6.22. The summed E-state index contributed by atoms with van der Waals surface area (Å²) in [5.74, 6) is 1.37. The third-order valence-corrected chi connectivity index (χ3v) is 3.71. The van der Waals surface area contributed by atoms with Crippen LogP contribution in [0.15, 0.2) is 36.4 Å². The lowest BCUT2D eigenvalue weighted by atomic mass is 10.0. The van der Waals surface area contributed by atoms with Crippen molar-refractivity contribution in [3.8, 4) is 23.0 Å². The van der Waals surface area contributed by atoms with E-state index in [-0.39, 0.29) is 11.1 Å². The molecule has 21 heavy (non-hydrogen) atoms. The van der Waals surface area contributed by atoms with Gasteiger partial charge in [-0.3, -0.25) is 0 Å². The molecule has 5 heteroatoms. The molecule has 0 saturated heterocycles. The zero-order valence-corrected chi connectivity index (χ0v) is 12.8. The van der Waals surface area contributed by atoms with Gasteiger partial charge in [0.15, 0.2) is 11.5 Å². The van der Waals surface area contributed by atoms with E-state index < -0.39 is 0 Å². The number of aromatic hydroxyl groups is 1. The molecule has 112 valence electrons. The van der Waals surface area contributed by atoms with Gasteiger partial charge in [0.2, 0.25) is 5.75 Å². The van der Waals surface area contributed by atoms with Crippen LogP contribution in [-0.4, -0.2) is 26.4 Å². The summed E-state index contributed by atoms with van der Waals surface area (Å²) in [6.45, 7) is 0. The van der Waals surface area contributed by atoms with E-state index in [9.17, 15) is 5.11 Å². The van der Waals surface area contributed by atoms with Crippen molar-refractivity contribution in [1.29, 1.82) is 0 Å². The molecule has 0 fully saturated rings. The normalized spacial score (nSPS) is 11.8. The summed E-state index contributed by atoms with van der Waals surface area (Å²) in [4.78, 5) is 0. The van der Waals surface area contributed by atoms with Crippen molar-refractivity contribution in [3.05, 3.63) is 47.5 Å². The topological polar surface area (TPSA) is 47.9 Å². The Balaban J connectivity index is 2.39. The number of hydrogen-bond acceptors (Lipinski definition) is 4. The van der Waals surface area contributed by atoms with Crippen molar-refractivity contribution in [2.24, 2.45) is 0 Å². The summed E-state index contributed by atoms with van der Waals surface area (Å²) in [6, 6.07) is 10.9. The molecule has 1 unspecified atom stereocenters. The van der Waals surface area contributed by atoms with Gasteiger partial charge in [-0.05, 0) is 35.4 Å². The summed E-state index contributed by atoms with van der Waals surface area (Å²) < 4.78 is 15.4. The largest absolute Gasteiger partial charge is 0.502 e. The van der Waals surface area contributed by atoms with Crippen LogP contribution in [0.3, 0.4) is 0 Å². The molecule has 4 nitrogen and oxygen atoms in total. The van der Waals surface area contributed by atoms with E-state index in [1.54, 1.807) is 19.2 Å². The van der Waals surface area contributed by atoms with Gasteiger partial charge in [0.25, 0.3) is 0 Å². The van der Waals surface area contributed by atoms with Gasteiger partial charge in [0, 0.05) is 0 Å². The summed E-state index contributed by atoms with van der Waals surface area (Å²) in [5, 5.41) is 9.53. The number of hydrogen-bond donors (Lipinski definition) is 1. The SMILES string of the molecule is COc1ccc(C(Cl)c2cc(OC)c(O)c(OC)c2)cc1. The van der Waals surface area contributed by atoms with E-state index in [2.05, 4.69) is 0 Å². The Bertz CT molecular complexity index is 585. The molecule has 1 N–H and O–H groups in total. The molecule has 0 aliphatic heterocycles. The molecular formula is C16H17ClO4. The van der Waals surface area contributed by atoms with Gasteiger partial charge < -0.3 is 19.3 Å². The second kappa shape index (κ2) is 6.59. The van der Waals surface area contributed by atoms with Gasteiger partial charge in [-0.2, -0.15) is 0 Å². The fourth-order valence-corrected chi connectivity index (χ4v) is 2.30. The Morgan fingerprint density at radius 2 is 1.38 bits per heavy atom. The van der Waals surface area contributed by atoms with Gasteiger partial charge in [-0.1, -0.05) is 12.1 Å². The highest BCUT2D eigenvalue weighted by Gasteiger charge is 2.17. The maximum absolute atomic E-state index is 9.92. The van der Waals surface area contributed by atoms with E-state index in [0.29, 0.717) is 11.5 Å². The number of phenols is 1. The van der Waals surface area contributed by atoms with Crippen LogP contribution in [0.25, 0.3) is 0 Å². The Labute approximate surface area is 128 Å². The van der Waals surface area contributed by atoms with Crippen molar-refractivity contribution >= 4 is 11.6 Å². The Morgan fingerprint density at radius 1 is 0.857 bits per heavy atom. The van der Waals surface area contributed by atoms with Gasteiger partial charge >= 0.3 is 0 Å². The molecule has 0 saturated carbocycles. The average Bonchev–Trinajstić information content (AvgIpc) is 2.54. The van der Waals surface area contributed by atoms with E-state index in [1.165, 1.54) is 14.2 Å². The van der Waals surface area contributed by atoms with Crippen LogP contribution in [0.2, 0.25) is 0 Å². The second-order valence-electron chi connectivity index (χ2n) is 4.41. The van der Waals surface area contributed by atoms with Gasteiger partial charge in [-0.15, -0.1) is 11.6 Å². The maximum Gasteiger partial charge on any atom is 0.200 e. The molecule has 1 atom stereocenters. The first-order valence-corrected chi connectivity index (χ1v) is 6.77. The molecule has 0 aromatic heterocycles. The zero-order valence-electron chi connectivity index (χ0n) is 12.1. The van der Waals surface area contributed by atoms with Crippen molar-refractivity contribution < 1.29 is 19.3 Å². The average molecular weight is 309 g/mol. The van der Waals surface area contributed by atoms with Crippen LogP contribution < -0.4 is 14.2 Å². The highest BCUT2D eigenvalue weighted by Crippen LogP contribution is 2.41. The van der Waals surface area contributed by atoms with E-state index in [0.717, 1.165) is 16.9 Å². The molecule has 0 bridgehead atoms. The number of ether oxygens (including phenoxy) is 3. The molecule has 2 rings (SSSR count). The molecule has 2 aromatic carbocycles. The number of rotatable bonds is 5. The highest BCUT2D eigenvalue weighted by atomic mass is 35.5. The Morgan fingerprint density at radius 3 is 1.81 bits per heavy atom. The minimum atomic E-state index is -0.390. The quantitative estimate of drug-likeness (QED) is 0.855.